The van der Waals surface area contributed by atoms with E-state index in [1.165, 1.54) is 7.11 Å². The molecule has 1 aromatic carbocycles. The van der Waals surface area contributed by atoms with Gasteiger partial charge >= 0.3 is 6.09 Å². The van der Waals surface area contributed by atoms with E-state index in [1.807, 2.05) is 37.3 Å². The summed E-state index contributed by atoms with van der Waals surface area (Å²) in [7, 11) is 1.39. The quantitative estimate of drug-likeness (QED) is 0.924. The van der Waals surface area contributed by atoms with Gasteiger partial charge in [-0.3, -0.25) is 4.90 Å². The summed E-state index contributed by atoms with van der Waals surface area (Å²) in [5.41, 5.74) is 1.05. The Bertz CT molecular complexity index is 448. The van der Waals surface area contributed by atoms with Gasteiger partial charge in [-0.2, -0.15) is 0 Å². The van der Waals surface area contributed by atoms with Crippen LogP contribution in [0.25, 0.3) is 0 Å². The zero-order valence-electron chi connectivity index (χ0n) is 12.3. The number of hydrogen-bond donors (Lipinski definition) is 1. The van der Waals surface area contributed by atoms with Crippen molar-refractivity contribution in [1.82, 2.24) is 4.90 Å². The summed E-state index contributed by atoms with van der Waals surface area (Å²) in [6, 6.07) is 9.55. The fraction of sp³-hybridized carbons (Fsp3) is 0.562. The molecule has 1 N–H and O–H groups in total. The molecule has 0 bridgehead atoms. The molecular weight excluding hydrogens is 254 g/mol. The van der Waals surface area contributed by atoms with Gasteiger partial charge in [0.15, 0.2) is 0 Å². The predicted molar refractivity (Wildman–Crippen MR) is 77.3 cm³/mol. The highest BCUT2D eigenvalue weighted by Crippen LogP contribution is 2.34. The van der Waals surface area contributed by atoms with Crippen LogP contribution in [0.3, 0.4) is 0 Å². The molecule has 1 fully saturated rings. The fourth-order valence-corrected chi connectivity index (χ4v) is 3.11. The number of rotatable bonds is 3. The van der Waals surface area contributed by atoms with Crippen molar-refractivity contribution in [2.75, 3.05) is 7.11 Å². The van der Waals surface area contributed by atoms with Crippen LogP contribution in [0.5, 0.6) is 0 Å². The van der Waals surface area contributed by atoms with Gasteiger partial charge in [-0.05, 0) is 31.2 Å². The highest BCUT2D eigenvalue weighted by Gasteiger charge is 2.40. The standard InChI is InChI=1S/C16H23NO3/c1-11-9-14(15(18)10-11)17(16(19)20-3)12(2)13-7-5-4-6-8-13/h4-8,11-12,14-15,18H,9-10H2,1-3H3/t11?,12-,14?,15-/m1/s1. The van der Waals surface area contributed by atoms with Gasteiger partial charge in [0, 0.05) is 0 Å². The Labute approximate surface area is 120 Å². The summed E-state index contributed by atoms with van der Waals surface area (Å²) in [5, 5.41) is 10.2. The molecule has 0 aliphatic heterocycles. The van der Waals surface area contributed by atoms with Crippen molar-refractivity contribution in [1.29, 1.82) is 0 Å². The second kappa shape index (κ2) is 6.27. The van der Waals surface area contributed by atoms with Crippen molar-refractivity contribution in [3.05, 3.63) is 35.9 Å². The maximum Gasteiger partial charge on any atom is 0.410 e. The third-order valence-electron chi connectivity index (χ3n) is 4.17. The molecule has 0 heterocycles. The van der Waals surface area contributed by atoms with Crippen LogP contribution in [0, 0.1) is 5.92 Å². The Morgan fingerprint density at radius 1 is 1.35 bits per heavy atom. The van der Waals surface area contributed by atoms with E-state index in [4.69, 9.17) is 4.74 Å². The van der Waals surface area contributed by atoms with Crippen LogP contribution in [0.2, 0.25) is 0 Å². The van der Waals surface area contributed by atoms with E-state index < -0.39 is 6.10 Å². The molecule has 0 aromatic heterocycles. The lowest BCUT2D eigenvalue weighted by molar-refractivity contribution is 0.0384. The van der Waals surface area contributed by atoms with Gasteiger partial charge in [-0.1, -0.05) is 37.3 Å². The minimum absolute atomic E-state index is 0.117. The van der Waals surface area contributed by atoms with Crippen molar-refractivity contribution in [3.8, 4) is 0 Å². The molecular formula is C16H23NO3. The molecule has 20 heavy (non-hydrogen) atoms. The van der Waals surface area contributed by atoms with Gasteiger partial charge in [0.25, 0.3) is 0 Å². The van der Waals surface area contributed by atoms with Crippen LogP contribution in [0.1, 0.15) is 38.3 Å². The van der Waals surface area contributed by atoms with E-state index in [0.29, 0.717) is 5.92 Å². The van der Waals surface area contributed by atoms with Crippen molar-refractivity contribution < 1.29 is 14.6 Å². The third-order valence-corrected chi connectivity index (χ3v) is 4.17. The number of benzene rings is 1. The number of carbonyl (C=O) groups is 1. The normalized spacial score (nSPS) is 27.1. The summed E-state index contributed by atoms with van der Waals surface area (Å²) >= 11 is 0. The molecule has 1 saturated carbocycles. The molecule has 1 aromatic rings. The van der Waals surface area contributed by atoms with E-state index >= 15 is 0 Å². The average Bonchev–Trinajstić information content (AvgIpc) is 2.78. The minimum atomic E-state index is -0.477. The number of methoxy groups -OCH3 is 1. The summed E-state index contributed by atoms with van der Waals surface area (Å²) < 4.78 is 4.93. The molecule has 0 saturated heterocycles. The maximum atomic E-state index is 12.2. The van der Waals surface area contributed by atoms with Gasteiger partial charge in [-0.15, -0.1) is 0 Å². The number of hydrogen-bond acceptors (Lipinski definition) is 3. The molecule has 2 rings (SSSR count). The van der Waals surface area contributed by atoms with Gasteiger partial charge in [0.1, 0.15) is 0 Å². The van der Waals surface area contributed by atoms with Crippen molar-refractivity contribution in [3.63, 3.8) is 0 Å². The molecule has 0 spiro atoms. The maximum absolute atomic E-state index is 12.2. The zero-order chi connectivity index (χ0) is 14.7. The lowest BCUT2D eigenvalue weighted by Crippen LogP contribution is -2.45. The number of nitrogens with zero attached hydrogens (tertiary/aromatic N) is 1. The predicted octanol–water partition coefficient (Wildman–Crippen LogP) is 2.98. The van der Waals surface area contributed by atoms with Crippen LogP contribution in [0.15, 0.2) is 30.3 Å². The molecule has 4 heteroatoms. The van der Waals surface area contributed by atoms with Gasteiger partial charge in [0.2, 0.25) is 0 Å². The van der Waals surface area contributed by atoms with Gasteiger partial charge in [-0.25, -0.2) is 4.79 Å². The molecule has 1 aliphatic rings. The highest BCUT2D eigenvalue weighted by molar-refractivity contribution is 5.68. The van der Waals surface area contributed by atoms with Crippen molar-refractivity contribution in [2.24, 2.45) is 5.92 Å². The summed E-state index contributed by atoms with van der Waals surface area (Å²) in [5.74, 6) is 0.421. The first kappa shape index (κ1) is 14.9. The Balaban J connectivity index is 2.26. The molecule has 2 unspecified atom stereocenters. The Morgan fingerprint density at radius 3 is 2.50 bits per heavy atom. The molecule has 4 atom stereocenters. The van der Waals surface area contributed by atoms with Crippen molar-refractivity contribution in [2.45, 2.75) is 44.9 Å². The third kappa shape index (κ3) is 2.96. The van der Waals surface area contributed by atoms with Crippen LogP contribution in [-0.2, 0) is 4.74 Å². The number of aliphatic hydroxyl groups is 1. The lowest BCUT2D eigenvalue weighted by atomic mass is 10.0. The monoisotopic (exact) mass is 277 g/mol. The fourth-order valence-electron chi connectivity index (χ4n) is 3.11. The lowest BCUT2D eigenvalue weighted by Gasteiger charge is -2.35. The topological polar surface area (TPSA) is 49.8 Å². The minimum Gasteiger partial charge on any atom is -0.453 e. The Kier molecular flexibility index (Phi) is 4.65. The first-order chi connectivity index (χ1) is 9.54. The van der Waals surface area contributed by atoms with E-state index in [0.717, 1.165) is 18.4 Å². The summed E-state index contributed by atoms with van der Waals surface area (Å²) in [6.45, 7) is 4.08. The van der Waals surface area contributed by atoms with Crippen molar-refractivity contribution >= 4 is 6.09 Å². The first-order valence-corrected chi connectivity index (χ1v) is 7.14. The van der Waals surface area contributed by atoms with E-state index in [-0.39, 0.29) is 18.2 Å². The second-order valence-electron chi connectivity index (χ2n) is 5.68. The molecule has 1 amide bonds. The number of carbonyl (C=O) groups excluding carboxylic acids is 1. The average molecular weight is 277 g/mol. The van der Waals surface area contributed by atoms with Gasteiger partial charge < -0.3 is 9.84 Å². The van der Waals surface area contributed by atoms with Gasteiger partial charge in [0.05, 0.1) is 25.3 Å². The Morgan fingerprint density at radius 2 is 2.00 bits per heavy atom. The van der Waals surface area contributed by atoms with E-state index in [2.05, 4.69) is 6.92 Å². The molecule has 1 aliphatic carbocycles. The molecule has 110 valence electrons. The second-order valence-corrected chi connectivity index (χ2v) is 5.68. The largest absolute Gasteiger partial charge is 0.453 e. The molecule has 4 nitrogen and oxygen atoms in total. The smallest absolute Gasteiger partial charge is 0.410 e. The number of amides is 1. The number of aliphatic hydroxyl groups excluding tert-OH is 1. The highest BCUT2D eigenvalue weighted by atomic mass is 16.5. The summed E-state index contributed by atoms with van der Waals surface area (Å²) in [4.78, 5) is 13.8. The zero-order valence-corrected chi connectivity index (χ0v) is 12.3. The molecule has 0 radical (unpaired) electrons. The SMILES string of the molecule is COC(=O)N(C1CC(C)C[C@H]1O)[C@H](C)c1ccccc1. The van der Waals surface area contributed by atoms with Crippen LogP contribution < -0.4 is 0 Å². The van der Waals surface area contributed by atoms with E-state index in [1.54, 1.807) is 4.90 Å². The number of ether oxygens (including phenoxy) is 1. The van der Waals surface area contributed by atoms with E-state index in [9.17, 15) is 9.90 Å². The Hall–Kier alpha value is -1.55. The van der Waals surface area contributed by atoms with Crippen LogP contribution in [0.4, 0.5) is 4.79 Å². The summed E-state index contributed by atoms with van der Waals surface area (Å²) in [6.07, 6.45) is 0.697. The van der Waals surface area contributed by atoms with Crippen LogP contribution >= 0.6 is 0 Å². The first-order valence-electron chi connectivity index (χ1n) is 7.14. The van der Waals surface area contributed by atoms with Crippen LogP contribution in [-0.4, -0.2) is 35.4 Å².